The summed E-state index contributed by atoms with van der Waals surface area (Å²) in [5.74, 6) is 0.366. The number of nitrogens with one attached hydrogen (secondary N) is 2. The number of aromatic nitrogens is 2. The highest BCUT2D eigenvalue weighted by molar-refractivity contribution is 5.98. The zero-order valence-corrected chi connectivity index (χ0v) is 11.6. The fraction of sp³-hybridized carbons (Fsp3) is 0.714. The van der Waals surface area contributed by atoms with Gasteiger partial charge in [-0.15, -0.1) is 0 Å². The van der Waals surface area contributed by atoms with Crippen molar-refractivity contribution >= 4 is 11.6 Å². The van der Waals surface area contributed by atoms with Crippen molar-refractivity contribution in [2.75, 3.05) is 18.8 Å². The first kappa shape index (κ1) is 12.2. The zero-order valence-electron chi connectivity index (χ0n) is 11.6. The van der Waals surface area contributed by atoms with Crippen molar-refractivity contribution in [3.63, 3.8) is 0 Å². The molecule has 3 heterocycles. The minimum Gasteiger partial charge on any atom is -0.395 e. The average molecular weight is 275 g/mol. The van der Waals surface area contributed by atoms with Gasteiger partial charge >= 0.3 is 0 Å². The van der Waals surface area contributed by atoms with Crippen LogP contribution in [0.5, 0.6) is 0 Å². The fourth-order valence-electron chi connectivity index (χ4n) is 3.71. The summed E-state index contributed by atoms with van der Waals surface area (Å²) in [4.78, 5) is 14.9. The van der Waals surface area contributed by atoms with E-state index in [1.54, 1.807) is 0 Å². The first-order chi connectivity index (χ1) is 9.74. The molecule has 20 heavy (non-hydrogen) atoms. The van der Waals surface area contributed by atoms with Gasteiger partial charge in [0.25, 0.3) is 5.91 Å². The van der Waals surface area contributed by atoms with E-state index in [0.717, 1.165) is 31.5 Å². The Balaban J connectivity index is 1.47. The van der Waals surface area contributed by atoms with Crippen LogP contribution in [0, 0.1) is 0 Å². The molecule has 108 valence electrons. The van der Waals surface area contributed by atoms with Crippen molar-refractivity contribution in [1.29, 1.82) is 0 Å². The molecule has 1 amide bonds. The Morgan fingerprint density at radius 3 is 2.95 bits per heavy atom. The molecule has 1 saturated carbocycles. The molecule has 2 unspecified atom stereocenters. The Morgan fingerprint density at radius 2 is 2.15 bits per heavy atom. The zero-order chi connectivity index (χ0) is 13.7. The molecule has 4 rings (SSSR count). The van der Waals surface area contributed by atoms with E-state index in [2.05, 4.69) is 20.4 Å². The monoisotopic (exact) mass is 275 g/mol. The molecule has 0 radical (unpaired) electrons. The van der Waals surface area contributed by atoms with Crippen LogP contribution in [0.2, 0.25) is 0 Å². The van der Waals surface area contributed by atoms with Gasteiger partial charge in [-0.05, 0) is 38.6 Å². The molecule has 3 aliphatic rings. The van der Waals surface area contributed by atoms with Crippen molar-refractivity contribution in [3.05, 3.63) is 11.4 Å². The van der Waals surface area contributed by atoms with Crippen LogP contribution >= 0.6 is 0 Å². The first-order valence-electron chi connectivity index (χ1n) is 7.62. The SMILES string of the molecule is Nc1c(C(=O)NC2CCN3CCCC23)n[nH]c1C1CC1. The van der Waals surface area contributed by atoms with Crippen LogP contribution in [-0.4, -0.2) is 46.2 Å². The number of aromatic amines is 1. The van der Waals surface area contributed by atoms with E-state index < -0.39 is 0 Å². The lowest BCUT2D eigenvalue weighted by Gasteiger charge is -2.20. The van der Waals surface area contributed by atoms with Gasteiger partial charge < -0.3 is 11.1 Å². The molecule has 0 spiro atoms. The van der Waals surface area contributed by atoms with E-state index >= 15 is 0 Å². The lowest BCUT2D eigenvalue weighted by Crippen LogP contribution is -2.42. The van der Waals surface area contributed by atoms with Gasteiger partial charge in [0.2, 0.25) is 0 Å². The quantitative estimate of drug-likeness (QED) is 0.762. The van der Waals surface area contributed by atoms with Gasteiger partial charge in [-0.1, -0.05) is 0 Å². The number of nitrogens with two attached hydrogens (primary N) is 1. The molecule has 1 aromatic rings. The summed E-state index contributed by atoms with van der Waals surface area (Å²) < 4.78 is 0. The van der Waals surface area contributed by atoms with Crippen LogP contribution < -0.4 is 11.1 Å². The summed E-state index contributed by atoms with van der Waals surface area (Å²) in [7, 11) is 0. The van der Waals surface area contributed by atoms with Gasteiger partial charge in [0.15, 0.2) is 5.69 Å². The van der Waals surface area contributed by atoms with E-state index in [1.807, 2.05) is 0 Å². The van der Waals surface area contributed by atoms with Crippen molar-refractivity contribution in [2.45, 2.75) is 50.1 Å². The lowest BCUT2D eigenvalue weighted by molar-refractivity contribution is 0.0925. The van der Waals surface area contributed by atoms with Gasteiger partial charge in [-0.2, -0.15) is 5.10 Å². The Bertz CT molecular complexity index is 536. The van der Waals surface area contributed by atoms with Gasteiger partial charge in [0.05, 0.1) is 11.4 Å². The Labute approximate surface area is 118 Å². The highest BCUT2D eigenvalue weighted by atomic mass is 16.2. The van der Waals surface area contributed by atoms with Crippen LogP contribution in [-0.2, 0) is 0 Å². The molecular weight excluding hydrogens is 254 g/mol. The smallest absolute Gasteiger partial charge is 0.274 e. The molecule has 3 fully saturated rings. The number of H-pyrrole nitrogens is 1. The van der Waals surface area contributed by atoms with Gasteiger partial charge in [-0.25, -0.2) is 0 Å². The maximum absolute atomic E-state index is 12.4. The number of fused-ring (bicyclic) bond motifs is 1. The molecule has 1 aromatic heterocycles. The predicted octanol–water partition coefficient (Wildman–Crippen LogP) is 0.836. The van der Waals surface area contributed by atoms with Gasteiger partial charge in [0, 0.05) is 24.5 Å². The van der Waals surface area contributed by atoms with Crippen LogP contribution in [0.15, 0.2) is 0 Å². The van der Waals surface area contributed by atoms with Gasteiger partial charge in [0.1, 0.15) is 0 Å². The lowest BCUT2D eigenvalue weighted by atomic mass is 10.1. The minimum absolute atomic E-state index is 0.121. The fourth-order valence-corrected chi connectivity index (χ4v) is 3.71. The maximum atomic E-state index is 12.4. The minimum atomic E-state index is -0.121. The third kappa shape index (κ3) is 1.90. The largest absolute Gasteiger partial charge is 0.395 e. The number of amides is 1. The third-order valence-corrected chi connectivity index (χ3v) is 4.96. The molecular formula is C14H21N5O. The number of anilines is 1. The topological polar surface area (TPSA) is 87.0 Å². The maximum Gasteiger partial charge on any atom is 0.274 e. The van der Waals surface area contributed by atoms with Crippen LogP contribution in [0.3, 0.4) is 0 Å². The molecule has 6 heteroatoms. The number of hydrogen-bond acceptors (Lipinski definition) is 4. The second kappa shape index (κ2) is 4.48. The molecule has 6 nitrogen and oxygen atoms in total. The summed E-state index contributed by atoms with van der Waals surface area (Å²) >= 11 is 0. The highest BCUT2D eigenvalue weighted by Crippen LogP contribution is 2.42. The van der Waals surface area contributed by atoms with Gasteiger partial charge in [-0.3, -0.25) is 14.8 Å². The number of nitrogen functional groups attached to an aromatic ring is 1. The standard InChI is InChI=1S/C14H21N5O/c15-11-12(8-3-4-8)17-18-13(11)14(20)16-9-5-7-19-6-1-2-10(9)19/h8-10H,1-7,15H2,(H,16,20)(H,17,18). The normalized spacial score (nSPS) is 29.6. The van der Waals surface area contributed by atoms with Crippen molar-refractivity contribution < 1.29 is 4.79 Å². The predicted molar refractivity (Wildman–Crippen MR) is 75.4 cm³/mol. The first-order valence-corrected chi connectivity index (χ1v) is 7.62. The van der Waals surface area contributed by atoms with E-state index in [9.17, 15) is 4.79 Å². The van der Waals surface area contributed by atoms with E-state index in [4.69, 9.17) is 5.73 Å². The van der Waals surface area contributed by atoms with Crippen molar-refractivity contribution in [2.24, 2.45) is 0 Å². The summed E-state index contributed by atoms with van der Waals surface area (Å²) in [6.45, 7) is 2.27. The second-order valence-electron chi connectivity index (χ2n) is 6.29. The van der Waals surface area contributed by atoms with Crippen molar-refractivity contribution in [1.82, 2.24) is 20.4 Å². The number of carbonyl (C=O) groups excluding carboxylic acids is 1. The summed E-state index contributed by atoms with van der Waals surface area (Å²) in [5.41, 5.74) is 7.94. The van der Waals surface area contributed by atoms with E-state index in [0.29, 0.717) is 23.3 Å². The molecule has 1 aliphatic carbocycles. The summed E-state index contributed by atoms with van der Waals surface area (Å²) in [5, 5.41) is 10.2. The van der Waals surface area contributed by atoms with Crippen molar-refractivity contribution in [3.8, 4) is 0 Å². The molecule has 2 aliphatic heterocycles. The Kier molecular flexibility index (Phi) is 2.73. The molecule has 2 saturated heterocycles. The Morgan fingerprint density at radius 1 is 1.30 bits per heavy atom. The summed E-state index contributed by atoms with van der Waals surface area (Å²) in [6, 6.07) is 0.771. The van der Waals surface area contributed by atoms with E-state index in [1.165, 1.54) is 19.4 Å². The summed E-state index contributed by atoms with van der Waals surface area (Å²) in [6.07, 6.45) is 5.76. The van der Waals surface area contributed by atoms with Crippen LogP contribution in [0.4, 0.5) is 5.69 Å². The second-order valence-corrected chi connectivity index (χ2v) is 6.29. The highest BCUT2D eigenvalue weighted by Gasteiger charge is 2.38. The number of hydrogen-bond donors (Lipinski definition) is 3. The van der Waals surface area contributed by atoms with Crippen LogP contribution in [0.1, 0.15) is 54.2 Å². The molecule has 4 N–H and O–H groups in total. The number of nitrogens with zero attached hydrogens (tertiary/aromatic N) is 2. The third-order valence-electron chi connectivity index (χ3n) is 4.96. The number of carbonyl (C=O) groups is 1. The van der Waals surface area contributed by atoms with E-state index in [-0.39, 0.29) is 11.9 Å². The molecule has 2 atom stereocenters. The molecule has 0 aromatic carbocycles. The number of rotatable bonds is 3. The molecule has 0 bridgehead atoms. The van der Waals surface area contributed by atoms with Crippen LogP contribution in [0.25, 0.3) is 0 Å². The average Bonchev–Trinajstić information content (AvgIpc) is 2.86. The Hall–Kier alpha value is -1.56.